The van der Waals surface area contributed by atoms with Crippen LogP contribution >= 0.6 is 94.1 Å². The van der Waals surface area contributed by atoms with Crippen LogP contribution in [0.15, 0.2) is 87.7 Å². The Morgan fingerprint density at radius 2 is 0.469 bits per heavy atom. The Labute approximate surface area is 409 Å². The second-order valence-electron chi connectivity index (χ2n) is 14.5. The van der Waals surface area contributed by atoms with Gasteiger partial charge < -0.3 is 9.97 Å². The number of thioether (sulfide) groups is 8. The van der Waals surface area contributed by atoms with Gasteiger partial charge in [0.15, 0.2) is 23.3 Å². The Morgan fingerprint density at radius 3 is 0.656 bits per heavy atom. The van der Waals surface area contributed by atoms with Gasteiger partial charge in [-0.2, -0.15) is 0 Å². The van der Waals surface area contributed by atoms with Crippen molar-refractivity contribution in [3.63, 3.8) is 0 Å². The van der Waals surface area contributed by atoms with Crippen molar-refractivity contribution in [3.05, 3.63) is 48.5 Å². The minimum absolute atomic E-state index is 0.629. The van der Waals surface area contributed by atoms with Gasteiger partial charge in [-0.25, -0.2) is 29.9 Å². The van der Waals surface area contributed by atoms with E-state index in [0.29, 0.717) is 45.9 Å². The van der Waals surface area contributed by atoms with Crippen LogP contribution < -0.4 is 0 Å². The van der Waals surface area contributed by atoms with Crippen molar-refractivity contribution in [2.45, 2.75) is 94.6 Å². The molecule has 0 saturated carbocycles. The minimum atomic E-state index is 0.629. The number of aromatic amines is 2. The van der Waals surface area contributed by atoms with Crippen molar-refractivity contribution in [1.82, 2.24) is 39.9 Å². The van der Waals surface area contributed by atoms with E-state index in [-0.39, 0.29) is 0 Å². The van der Waals surface area contributed by atoms with Gasteiger partial charge in [0.1, 0.15) is 22.6 Å². The van der Waals surface area contributed by atoms with Crippen LogP contribution in [-0.4, -0.2) is 85.9 Å². The summed E-state index contributed by atoms with van der Waals surface area (Å²) in [6.45, 7) is 17.7. The second kappa shape index (κ2) is 20.5. The van der Waals surface area contributed by atoms with Crippen molar-refractivity contribution in [2.24, 2.45) is 0 Å². The van der Waals surface area contributed by atoms with Crippen LogP contribution in [0.4, 0.5) is 0 Å². The Balaban J connectivity index is 1.47. The number of aromatic nitrogens is 8. The van der Waals surface area contributed by atoms with Gasteiger partial charge in [-0.05, 0) is 94.6 Å². The molecule has 8 bridgehead atoms. The summed E-state index contributed by atoms with van der Waals surface area (Å²) in [5.74, 6) is 10.2. The number of hydrogen-bond donors (Lipinski definition) is 2. The van der Waals surface area contributed by atoms with E-state index < -0.39 is 0 Å². The van der Waals surface area contributed by atoms with Gasteiger partial charge in [-0.15, -0.1) is 94.1 Å². The molecule has 2 N–H and O–H groups in total. The zero-order valence-corrected chi connectivity index (χ0v) is 43.8. The minimum Gasteiger partial charge on any atom is -0.324 e. The first kappa shape index (κ1) is 46.2. The van der Waals surface area contributed by atoms with Crippen molar-refractivity contribution >= 4 is 138 Å². The molecule has 0 radical (unpaired) electrons. The van der Waals surface area contributed by atoms with E-state index in [4.69, 9.17) is 29.9 Å². The lowest BCUT2D eigenvalue weighted by Gasteiger charge is -2.10. The first-order valence-electron chi connectivity index (χ1n) is 21.9. The summed E-state index contributed by atoms with van der Waals surface area (Å²) in [5.41, 5.74) is 6.76. The van der Waals surface area contributed by atoms with Crippen LogP contribution in [0, 0.1) is 0 Å². The van der Waals surface area contributed by atoms with Gasteiger partial charge in [-0.3, -0.25) is 0 Å². The molecule has 0 unspecified atom stereocenters. The highest BCUT2D eigenvalue weighted by Crippen LogP contribution is 2.46. The highest BCUT2D eigenvalue weighted by Gasteiger charge is 2.26. The first-order valence-corrected chi connectivity index (χ1v) is 29.8. The first-order chi connectivity index (χ1) is 31.3. The fraction of sp³-hybridized carbons (Fsp3) is 0.333. The summed E-state index contributed by atoms with van der Waals surface area (Å²) in [5, 5.41) is 4.00. The normalized spacial score (nSPS) is 12.1. The molecule has 0 spiro atoms. The maximum atomic E-state index is 5.47. The molecule has 0 fully saturated rings. The Bertz CT molecular complexity index is 2690. The maximum absolute atomic E-state index is 5.47. The van der Waals surface area contributed by atoms with Crippen LogP contribution in [0.5, 0.6) is 0 Å². The lowest BCUT2D eigenvalue weighted by molar-refractivity contribution is 1.19. The molecule has 2 aliphatic rings. The number of benzene rings is 4. The molecule has 64 heavy (non-hydrogen) atoms. The number of hydrogen-bond acceptors (Lipinski definition) is 14. The van der Waals surface area contributed by atoms with E-state index in [1.54, 1.807) is 0 Å². The summed E-state index contributed by atoms with van der Waals surface area (Å²) >= 11 is 14.9. The van der Waals surface area contributed by atoms with E-state index in [2.05, 4.69) is 114 Å². The van der Waals surface area contributed by atoms with Crippen molar-refractivity contribution in [3.8, 4) is 45.6 Å². The largest absolute Gasteiger partial charge is 0.324 e. The molecule has 7 aromatic rings. The quantitative estimate of drug-likeness (QED) is 0.0897. The fourth-order valence-corrected chi connectivity index (χ4v) is 15.1. The zero-order valence-electron chi connectivity index (χ0n) is 37.2. The maximum Gasteiger partial charge on any atom is 0.164 e. The van der Waals surface area contributed by atoms with Crippen molar-refractivity contribution in [1.29, 1.82) is 0 Å². The molecule has 8 nitrogen and oxygen atoms in total. The zero-order chi connectivity index (χ0) is 44.5. The Kier molecular flexibility index (Phi) is 14.8. The number of rotatable bonds is 16. The van der Waals surface area contributed by atoms with Crippen LogP contribution in [0.1, 0.15) is 55.4 Å². The number of nitrogens with one attached hydrogen (secondary N) is 2. The summed E-state index contributed by atoms with van der Waals surface area (Å²) < 4.78 is 0. The standard InChI is InChI=1S/C48H50N8S8/c1-9-57-33-17-25-26(18-34(33)58-10-2)42-49-41(25)53-43-27-19-35(59-11-3)36(60-12-4)20-28(27)45(50-43)55-47-31-23-39(63-15-7)40(64-16-8)24-32(31)48(52-47)56-46-30-22-38(62-14-6)37(61-13-5)21-29(30)44(51-46)54-42/h17-24H,9-16H2,1-8H3,(H2,49,50,51,52,53,54,55,56). The summed E-state index contributed by atoms with van der Waals surface area (Å²) in [7, 11) is 0. The third kappa shape index (κ3) is 8.95. The SMILES string of the molecule is CCSc1cc2c(cc1SCC)-c1nc-2nc2[nH]c(nc3nc(nc4[nH]c(n1)c1cc(SCC)c(SCC)cc41)-c1cc(SCC)c(SCC)cc1-3)c1cc(SCC)c(SCC)cc21. The fourth-order valence-electron chi connectivity index (χ4n) is 7.96. The molecule has 0 atom stereocenters. The predicted octanol–water partition coefficient (Wildman–Crippen LogP) is 15.8. The van der Waals surface area contributed by atoms with Crippen LogP contribution in [0.2, 0.25) is 0 Å². The predicted molar refractivity (Wildman–Crippen MR) is 287 cm³/mol. The second-order valence-corrected chi connectivity index (χ2v) is 24.9. The topological polar surface area (TPSA) is 109 Å². The van der Waals surface area contributed by atoms with Gasteiger partial charge >= 0.3 is 0 Å². The smallest absolute Gasteiger partial charge is 0.164 e. The monoisotopic (exact) mass is 994 g/mol. The van der Waals surface area contributed by atoms with Crippen LogP contribution in [0.25, 0.3) is 89.7 Å². The highest BCUT2D eigenvalue weighted by molar-refractivity contribution is 8.03. The third-order valence-electron chi connectivity index (χ3n) is 10.5. The van der Waals surface area contributed by atoms with Crippen molar-refractivity contribution in [2.75, 3.05) is 46.0 Å². The molecular weight excluding hydrogens is 945 g/mol. The van der Waals surface area contributed by atoms with E-state index in [0.717, 1.165) is 89.8 Å². The summed E-state index contributed by atoms with van der Waals surface area (Å²) in [6.07, 6.45) is 0. The van der Waals surface area contributed by atoms with Gasteiger partial charge in [0.05, 0.1) is 0 Å². The molecule has 4 aromatic carbocycles. The van der Waals surface area contributed by atoms with E-state index >= 15 is 0 Å². The molecule has 0 aliphatic carbocycles. The number of H-pyrrole nitrogens is 2. The molecule has 0 amide bonds. The third-order valence-corrected chi connectivity index (χ3v) is 18.5. The lowest BCUT2D eigenvalue weighted by atomic mass is 10.1. The molecule has 3 aromatic heterocycles. The highest BCUT2D eigenvalue weighted by atomic mass is 32.2. The average Bonchev–Trinajstić information content (AvgIpc) is 3.99. The molecule has 5 heterocycles. The average molecular weight is 996 g/mol. The summed E-state index contributed by atoms with van der Waals surface area (Å²) in [4.78, 5) is 49.9. The van der Waals surface area contributed by atoms with E-state index in [9.17, 15) is 0 Å². The van der Waals surface area contributed by atoms with E-state index in [1.807, 2.05) is 94.1 Å². The van der Waals surface area contributed by atoms with Gasteiger partial charge in [-0.1, -0.05) is 55.4 Å². The van der Waals surface area contributed by atoms with Crippen LogP contribution in [-0.2, 0) is 0 Å². The Morgan fingerprint density at radius 1 is 0.281 bits per heavy atom. The molecular formula is C48H50N8S8. The summed E-state index contributed by atoms with van der Waals surface area (Å²) in [6, 6.07) is 18.3. The van der Waals surface area contributed by atoms with E-state index in [1.165, 1.54) is 39.2 Å². The number of nitrogens with zero attached hydrogens (tertiary/aromatic N) is 6. The van der Waals surface area contributed by atoms with Crippen molar-refractivity contribution < 1.29 is 0 Å². The van der Waals surface area contributed by atoms with Gasteiger partial charge in [0.25, 0.3) is 0 Å². The molecule has 16 heteroatoms. The Hall–Kier alpha value is -2.96. The molecule has 2 aliphatic heterocycles. The van der Waals surface area contributed by atoms with Crippen LogP contribution in [0.3, 0.4) is 0 Å². The molecule has 9 rings (SSSR count). The lowest BCUT2D eigenvalue weighted by Crippen LogP contribution is -1.88. The molecule has 0 saturated heterocycles. The number of fused-ring (bicyclic) bond motifs is 20. The van der Waals surface area contributed by atoms with Gasteiger partial charge in [0, 0.05) is 83.0 Å². The van der Waals surface area contributed by atoms with Gasteiger partial charge in [0.2, 0.25) is 0 Å². The molecule has 330 valence electrons.